The van der Waals surface area contributed by atoms with Gasteiger partial charge in [-0.25, -0.2) is 5.01 Å². The molecule has 3 aromatic carbocycles. The first-order chi connectivity index (χ1) is 16.4. The molecule has 0 aromatic heterocycles. The third kappa shape index (κ3) is 5.07. The first-order valence-corrected chi connectivity index (χ1v) is 10.5. The Morgan fingerprint density at radius 2 is 1.79 bits per heavy atom. The number of anilines is 2. The van der Waals surface area contributed by atoms with Crippen molar-refractivity contribution in [3.63, 3.8) is 0 Å². The summed E-state index contributed by atoms with van der Waals surface area (Å²) in [7, 11) is 1.47. The van der Waals surface area contributed by atoms with Crippen molar-refractivity contribution in [1.82, 2.24) is 5.43 Å². The minimum Gasteiger partial charge on any atom is -0.493 e. The maximum Gasteiger partial charge on any atom is 0.282 e. The van der Waals surface area contributed by atoms with Crippen molar-refractivity contribution in [2.45, 2.75) is 6.92 Å². The molecular weight excluding hydrogens is 434 g/mol. The number of hydrazine groups is 1. The Morgan fingerprint density at radius 3 is 2.53 bits per heavy atom. The Labute approximate surface area is 196 Å². The van der Waals surface area contributed by atoms with Crippen molar-refractivity contribution in [3.8, 4) is 11.5 Å². The fraction of sp³-hybridized carbons (Fsp3) is 0.115. The number of para-hydroxylation sites is 1. The fourth-order valence-corrected chi connectivity index (χ4v) is 3.44. The second kappa shape index (κ2) is 9.91. The highest BCUT2D eigenvalue weighted by atomic mass is 16.5. The number of methoxy groups -OCH3 is 1. The zero-order chi connectivity index (χ0) is 24.1. The molecule has 1 heterocycles. The summed E-state index contributed by atoms with van der Waals surface area (Å²) in [5.74, 6) is -0.544. The minimum atomic E-state index is -0.499. The molecule has 1 aliphatic rings. The predicted molar refractivity (Wildman–Crippen MR) is 128 cm³/mol. The van der Waals surface area contributed by atoms with E-state index in [0.29, 0.717) is 28.4 Å². The van der Waals surface area contributed by atoms with Crippen LogP contribution in [0.25, 0.3) is 6.08 Å². The molecule has 2 N–H and O–H groups in total. The number of hydrogen-bond donors (Lipinski definition) is 2. The van der Waals surface area contributed by atoms with Gasteiger partial charge in [0.25, 0.3) is 17.7 Å². The van der Waals surface area contributed by atoms with Gasteiger partial charge < -0.3 is 14.8 Å². The van der Waals surface area contributed by atoms with Crippen molar-refractivity contribution in [3.05, 3.63) is 89.5 Å². The lowest BCUT2D eigenvalue weighted by molar-refractivity contribution is -0.118. The molecule has 0 spiro atoms. The smallest absolute Gasteiger partial charge is 0.282 e. The quantitative estimate of drug-likeness (QED) is 0.418. The molecule has 4 rings (SSSR count). The lowest BCUT2D eigenvalue weighted by Gasteiger charge is -2.14. The second-order valence-electron chi connectivity index (χ2n) is 7.59. The van der Waals surface area contributed by atoms with Gasteiger partial charge >= 0.3 is 0 Å². The number of carbonyl (C=O) groups is 3. The molecule has 172 valence electrons. The van der Waals surface area contributed by atoms with E-state index in [2.05, 4.69) is 10.7 Å². The van der Waals surface area contributed by atoms with Crippen molar-refractivity contribution in [2.24, 2.45) is 0 Å². The molecular formula is C26H23N3O5. The summed E-state index contributed by atoms with van der Waals surface area (Å²) in [5, 5.41) is 3.98. The Balaban J connectivity index is 1.45. The van der Waals surface area contributed by atoms with Crippen LogP contribution in [0.5, 0.6) is 11.5 Å². The number of nitrogens with one attached hydrogen (secondary N) is 2. The maximum absolute atomic E-state index is 12.8. The van der Waals surface area contributed by atoms with E-state index in [1.54, 1.807) is 48.5 Å². The Morgan fingerprint density at radius 1 is 1.00 bits per heavy atom. The van der Waals surface area contributed by atoms with E-state index in [1.807, 2.05) is 31.2 Å². The fourth-order valence-electron chi connectivity index (χ4n) is 3.44. The van der Waals surface area contributed by atoms with Crippen LogP contribution in [-0.4, -0.2) is 31.4 Å². The number of aryl methyl sites for hydroxylation is 1. The standard InChI is InChI=1S/C26H23N3O5/c1-17-7-6-8-19(13-17)27-24(30)16-34-22-12-11-18(15-23(22)33-2)14-21-25(31)28-29(26(21)32)20-9-4-3-5-10-20/h3-15H,16H2,1-2H3,(H,27,30)(H,28,31). The number of hydrogen-bond acceptors (Lipinski definition) is 5. The molecule has 0 radical (unpaired) electrons. The Kier molecular flexibility index (Phi) is 6.59. The van der Waals surface area contributed by atoms with E-state index in [0.717, 1.165) is 5.56 Å². The first kappa shape index (κ1) is 22.6. The van der Waals surface area contributed by atoms with E-state index >= 15 is 0 Å². The molecule has 0 aliphatic carbocycles. The second-order valence-corrected chi connectivity index (χ2v) is 7.59. The SMILES string of the molecule is COc1cc(C=C2C(=O)NN(c3ccccc3)C2=O)ccc1OCC(=O)Nc1cccc(C)c1. The molecule has 1 saturated heterocycles. The van der Waals surface area contributed by atoms with Gasteiger partial charge in [-0.1, -0.05) is 36.4 Å². The number of carbonyl (C=O) groups excluding carboxylic acids is 3. The predicted octanol–water partition coefficient (Wildman–Crippen LogP) is 3.48. The molecule has 1 fully saturated rings. The van der Waals surface area contributed by atoms with Gasteiger partial charge in [0.05, 0.1) is 12.8 Å². The van der Waals surface area contributed by atoms with Crippen LogP contribution >= 0.6 is 0 Å². The molecule has 3 amide bonds. The van der Waals surface area contributed by atoms with E-state index < -0.39 is 11.8 Å². The van der Waals surface area contributed by atoms with E-state index in [9.17, 15) is 14.4 Å². The largest absolute Gasteiger partial charge is 0.493 e. The highest BCUT2D eigenvalue weighted by molar-refractivity contribution is 6.31. The zero-order valence-electron chi connectivity index (χ0n) is 18.7. The van der Waals surface area contributed by atoms with Crippen LogP contribution in [0.3, 0.4) is 0 Å². The first-order valence-electron chi connectivity index (χ1n) is 10.5. The van der Waals surface area contributed by atoms with E-state index in [4.69, 9.17) is 9.47 Å². The topological polar surface area (TPSA) is 97.0 Å². The summed E-state index contributed by atoms with van der Waals surface area (Å²) >= 11 is 0. The highest BCUT2D eigenvalue weighted by Crippen LogP contribution is 2.30. The monoisotopic (exact) mass is 457 g/mol. The summed E-state index contributed by atoms with van der Waals surface area (Å²) in [6, 6.07) is 21.2. The molecule has 0 saturated carbocycles. The number of amides is 3. The van der Waals surface area contributed by atoms with Crippen LogP contribution in [0.15, 0.2) is 78.4 Å². The van der Waals surface area contributed by atoms with E-state index in [-0.39, 0.29) is 18.1 Å². The molecule has 0 bridgehead atoms. The summed E-state index contributed by atoms with van der Waals surface area (Å²) in [6.45, 7) is 1.73. The van der Waals surface area contributed by atoms with Gasteiger partial charge in [0.1, 0.15) is 5.57 Å². The van der Waals surface area contributed by atoms with Gasteiger partial charge in [-0.15, -0.1) is 0 Å². The molecule has 8 heteroatoms. The molecule has 0 unspecified atom stereocenters. The van der Waals surface area contributed by atoms with Crippen LogP contribution in [0.4, 0.5) is 11.4 Å². The van der Waals surface area contributed by atoms with Gasteiger partial charge in [-0.05, 0) is 60.5 Å². The third-order valence-corrected chi connectivity index (χ3v) is 5.07. The Hall–Kier alpha value is -4.59. The summed E-state index contributed by atoms with van der Waals surface area (Å²) in [6.07, 6.45) is 1.48. The average molecular weight is 457 g/mol. The van der Waals surface area contributed by atoms with Crippen LogP contribution in [-0.2, 0) is 14.4 Å². The summed E-state index contributed by atoms with van der Waals surface area (Å²) in [4.78, 5) is 37.4. The van der Waals surface area contributed by atoms with Crippen molar-refractivity contribution >= 4 is 35.2 Å². The molecule has 1 aliphatic heterocycles. The highest BCUT2D eigenvalue weighted by Gasteiger charge is 2.34. The zero-order valence-corrected chi connectivity index (χ0v) is 18.7. The number of nitrogens with zero attached hydrogens (tertiary/aromatic N) is 1. The van der Waals surface area contributed by atoms with E-state index in [1.165, 1.54) is 18.2 Å². The number of rotatable bonds is 7. The van der Waals surface area contributed by atoms with Crippen molar-refractivity contribution < 1.29 is 23.9 Å². The molecule has 34 heavy (non-hydrogen) atoms. The van der Waals surface area contributed by atoms with Crippen LogP contribution in [0, 0.1) is 6.92 Å². The van der Waals surface area contributed by atoms with Gasteiger partial charge in [0.2, 0.25) is 0 Å². The third-order valence-electron chi connectivity index (χ3n) is 5.07. The van der Waals surface area contributed by atoms with Gasteiger partial charge in [0.15, 0.2) is 18.1 Å². The van der Waals surface area contributed by atoms with Crippen molar-refractivity contribution in [2.75, 3.05) is 24.0 Å². The molecule has 3 aromatic rings. The lowest BCUT2D eigenvalue weighted by Crippen LogP contribution is -2.35. The van der Waals surface area contributed by atoms with Crippen molar-refractivity contribution in [1.29, 1.82) is 0 Å². The van der Waals surface area contributed by atoms with Gasteiger partial charge in [-0.2, -0.15) is 0 Å². The Bertz CT molecular complexity index is 1270. The molecule has 8 nitrogen and oxygen atoms in total. The molecule has 0 atom stereocenters. The normalized spacial score (nSPS) is 14.2. The van der Waals surface area contributed by atoms with Crippen LogP contribution < -0.4 is 25.2 Å². The number of benzene rings is 3. The van der Waals surface area contributed by atoms with Gasteiger partial charge in [0, 0.05) is 5.69 Å². The minimum absolute atomic E-state index is 0.00268. The number of ether oxygens (including phenoxy) is 2. The average Bonchev–Trinajstić information content (AvgIpc) is 3.12. The maximum atomic E-state index is 12.8. The summed E-state index contributed by atoms with van der Waals surface area (Å²) < 4.78 is 11.0. The van der Waals surface area contributed by atoms with Gasteiger partial charge in [-0.3, -0.25) is 19.8 Å². The lowest BCUT2D eigenvalue weighted by atomic mass is 10.1. The van der Waals surface area contributed by atoms with Crippen LogP contribution in [0.2, 0.25) is 0 Å². The van der Waals surface area contributed by atoms with Crippen LogP contribution in [0.1, 0.15) is 11.1 Å². The summed E-state index contributed by atoms with van der Waals surface area (Å²) in [5.41, 5.74) is 5.42.